The summed E-state index contributed by atoms with van der Waals surface area (Å²) in [6.45, 7) is 6.07. The quantitative estimate of drug-likeness (QED) is 0.260. The fraction of sp³-hybridized carbons (Fsp3) is 0.312. The van der Waals surface area contributed by atoms with Crippen molar-refractivity contribution in [2.75, 3.05) is 11.9 Å². The first-order chi connectivity index (χ1) is 20.6. The van der Waals surface area contributed by atoms with E-state index in [1.807, 2.05) is 37.3 Å². The molecule has 5 rings (SSSR count). The summed E-state index contributed by atoms with van der Waals surface area (Å²) in [6.07, 6.45) is 0.000494. The first-order valence-corrected chi connectivity index (χ1v) is 14.5. The number of nitrogens with zero attached hydrogens (tertiary/aromatic N) is 4. The Morgan fingerprint density at radius 1 is 1.00 bits per heavy atom. The summed E-state index contributed by atoms with van der Waals surface area (Å²) in [4.78, 5) is 46.0. The second kappa shape index (κ2) is 12.8. The number of carbonyl (C=O) groups excluding carboxylic acids is 1. The summed E-state index contributed by atoms with van der Waals surface area (Å²) in [5.41, 5.74) is 0.680. The van der Waals surface area contributed by atoms with E-state index in [-0.39, 0.29) is 60.9 Å². The van der Waals surface area contributed by atoms with Crippen LogP contribution in [0.25, 0.3) is 0 Å². The number of amides is 1. The molecular formula is C32H33ClFN5O4. The molecule has 1 amide bonds. The van der Waals surface area contributed by atoms with Gasteiger partial charge in [0.05, 0.1) is 18.7 Å². The molecule has 224 valence electrons. The monoisotopic (exact) mass is 605 g/mol. The maximum absolute atomic E-state index is 14.7. The zero-order valence-electron chi connectivity index (χ0n) is 24.2. The zero-order valence-corrected chi connectivity index (χ0v) is 24.9. The van der Waals surface area contributed by atoms with E-state index in [2.05, 4.69) is 10.3 Å². The molecule has 1 N–H and O–H groups in total. The molecule has 0 saturated carbocycles. The number of aromatic nitrogens is 3. The van der Waals surface area contributed by atoms with E-state index in [1.54, 1.807) is 49.1 Å². The predicted molar refractivity (Wildman–Crippen MR) is 163 cm³/mol. The van der Waals surface area contributed by atoms with Gasteiger partial charge in [0.15, 0.2) is 11.6 Å². The molecule has 1 fully saturated rings. The number of hydrogen-bond donors (Lipinski definition) is 1. The van der Waals surface area contributed by atoms with Crippen LogP contribution >= 0.6 is 11.6 Å². The number of ether oxygens (including phenoxy) is 1. The minimum Gasteiger partial charge on any atom is -0.488 e. The lowest BCUT2D eigenvalue weighted by Gasteiger charge is -2.25. The summed E-state index contributed by atoms with van der Waals surface area (Å²) in [7, 11) is 0. The molecule has 0 radical (unpaired) electrons. The average molecular weight is 606 g/mol. The summed E-state index contributed by atoms with van der Waals surface area (Å²) < 4.78 is 22.6. The van der Waals surface area contributed by atoms with Gasteiger partial charge in [-0.15, -0.1) is 0 Å². The number of benzene rings is 3. The third-order valence-corrected chi connectivity index (χ3v) is 7.64. The maximum Gasteiger partial charge on any atom is 0.354 e. The number of nitrogens with one attached hydrogen (secondary N) is 1. The van der Waals surface area contributed by atoms with E-state index in [0.29, 0.717) is 11.6 Å². The molecular weight excluding hydrogens is 573 g/mol. The van der Waals surface area contributed by atoms with Crippen LogP contribution in [0, 0.1) is 11.7 Å². The Kier molecular flexibility index (Phi) is 8.96. The summed E-state index contributed by atoms with van der Waals surface area (Å²) in [6, 6.07) is 20.8. The molecule has 1 aliphatic heterocycles. The van der Waals surface area contributed by atoms with Crippen molar-refractivity contribution in [3.63, 3.8) is 0 Å². The lowest BCUT2D eigenvalue weighted by molar-refractivity contribution is -0.129. The van der Waals surface area contributed by atoms with Crippen LogP contribution in [0.1, 0.15) is 44.4 Å². The molecule has 0 bridgehead atoms. The smallest absolute Gasteiger partial charge is 0.354 e. The van der Waals surface area contributed by atoms with Crippen LogP contribution in [0.3, 0.4) is 0 Å². The summed E-state index contributed by atoms with van der Waals surface area (Å²) in [5.74, 6) is -0.840. The fourth-order valence-electron chi connectivity index (χ4n) is 5.23. The lowest BCUT2D eigenvalue weighted by atomic mass is 10.1. The molecule has 9 nitrogen and oxygen atoms in total. The van der Waals surface area contributed by atoms with Crippen molar-refractivity contribution in [1.82, 2.24) is 19.0 Å². The zero-order chi connectivity index (χ0) is 30.7. The molecule has 1 aromatic heterocycles. The highest BCUT2D eigenvalue weighted by Gasteiger charge is 2.34. The highest BCUT2D eigenvalue weighted by molar-refractivity contribution is 6.30. The van der Waals surface area contributed by atoms with E-state index in [0.717, 1.165) is 15.7 Å². The van der Waals surface area contributed by atoms with Crippen molar-refractivity contribution in [3.05, 3.63) is 116 Å². The molecule has 2 atom stereocenters. The van der Waals surface area contributed by atoms with Crippen molar-refractivity contribution < 1.29 is 13.9 Å². The first kappa shape index (κ1) is 30.0. The van der Waals surface area contributed by atoms with Crippen molar-refractivity contribution in [2.45, 2.75) is 52.4 Å². The predicted octanol–water partition coefficient (Wildman–Crippen LogP) is 5.39. The highest BCUT2D eigenvalue weighted by Crippen LogP contribution is 2.29. The van der Waals surface area contributed by atoms with Crippen molar-refractivity contribution in [3.8, 4) is 5.75 Å². The Bertz CT molecular complexity index is 1720. The van der Waals surface area contributed by atoms with Gasteiger partial charge in [-0.2, -0.15) is 4.98 Å². The maximum atomic E-state index is 14.7. The van der Waals surface area contributed by atoms with Gasteiger partial charge >= 0.3 is 11.4 Å². The molecule has 3 aromatic carbocycles. The van der Waals surface area contributed by atoms with Gasteiger partial charge in [-0.25, -0.2) is 18.5 Å². The van der Waals surface area contributed by atoms with Gasteiger partial charge in [0, 0.05) is 42.2 Å². The SMILES string of the molecule is CC(C)Oc1ccc(Nc2nc(=O)n(C[C@H]3CC(=O)N([C@@H](C)c4ccccc4)C3)c(=O)n2Cc2ccc(Cl)cc2)cc1F. The molecule has 4 aromatic rings. The molecule has 2 heterocycles. The second-order valence-corrected chi connectivity index (χ2v) is 11.4. The van der Waals surface area contributed by atoms with Gasteiger partial charge < -0.3 is 15.0 Å². The number of carbonyl (C=O) groups is 1. The molecule has 0 aliphatic carbocycles. The van der Waals surface area contributed by atoms with Crippen LogP contribution < -0.4 is 21.4 Å². The number of hydrogen-bond acceptors (Lipinski definition) is 6. The summed E-state index contributed by atoms with van der Waals surface area (Å²) in [5, 5.41) is 3.47. The van der Waals surface area contributed by atoms with Crippen LogP contribution in [0.5, 0.6) is 5.75 Å². The van der Waals surface area contributed by atoms with Gasteiger partial charge in [-0.1, -0.05) is 54.1 Å². The van der Waals surface area contributed by atoms with Gasteiger partial charge in [0.2, 0.25) is 11.9 Å². The van der Waals surface area contributed by atoms with E-state index in [9.17, 15) is 18.8 Å². The Balaban J connectivity index is 1.45. The lowest BCUT2D eigenvalue weighted by Crippen LogP contribution is -2.44. The summed E-state index contributed by atoms with van der Waals surface area (Å²) >= 11 is 6.05. The average Bonchev–Trinajstić information content (AvgIpc) is 3.35. The van der Waals surface area contributed by atoms with E-state index >= 15 is 0 Å². The largest absolute Gasteiger partial charge is 0.488 e. The molecule has 1 saturated heterocycles. The number of anilines is 2. The minimum absolute atomic E-state index is 0.0329. The highest BCUT2D eigenvalue weighted by atomic mass is 35.5. The van der Waals surface area contributed by atoms with E-state index < -0.39 is 17.2 Å². The fourth-order valence-corrected chi connectivity index (χ4v) is 5.35. The van der Waals surface area contributed by atoms with E-state index in [4.69, 9.17) is 16.3 Å². The number of halogens is 2. The van der Waals surface area contributed by atoms with Gasteiger partial charge in [0.1, 0.15) is 0 Å². The van der Waals surface area contributed by atoms with Gasteiger partial charge in [0.25, 0.3) is 0 Å². The number of likely N-dealkylation sites (tertiary alicyclic amines) is 1. The first-order valence-electron chi connectivity index (χ1n) is 14.1. The Morgan fingerprint density at radius 2 is 1.72 bits per heavy atom. The second-order valence-electron chi connectivity index (χ2n) is 11.0. The Hall–Kier alpha value is -4.44. The van der Waals surface area contributed by atoms with Crippen LogP contribution in [0.4, 0.5) is 16.0 Å². The minimum atomic E-state index is -0.762. The standard InChI is InChI=1S/C32H33ClFN5O4/c1-20(2)43-28-14-13-26(16-27(28)34)35-30-36-31(41)39(32(42)38(30)17-22-9-11-25(33)12-10-22)19-23-15-29(40)37(18-23)21(3)24-7-5-4-6-8-24/h4-14,16,20-21,23H,15,17-19H2,1-3H3,(H,35,36,41)/t21-,23-/m0/s1. The van der Waals surface area contributed by atoms with Gasteiger partial charge in [-0.3, -0.25) is 9.36 Å². The molecule has 43 heavy (non-hydrogen) atoms. The van der Waals surface area contributed by atoms with Crippen LogP contribution in [-0.2, 0) is 17.9 Å². The normalized spacial score (nSPS) is 15.6. The van der Waals surface area contributed by atoms with Crippen LogP contribution in [0.15, 0.2) is 82.4 Å². The Labute approximate surface area is 253 Å². The van der Waals surface area contributed by atoms with Crippen LogP contribution in [-0.4, -0.2) is 37.6 Å². The molecule has 0 unspecified atom stereocenters. The molecule has 1 aliphatic rings. The van der Waals surface area contributed by atoms with Crippen LogP contribution in [0.2, 0.25) is 5.02 Å². The molecule has 0 spiro atoms. The van der Waals surface area contributed by atoms with Crippen molar-refractivity contribution >= 4 is 29.1 Å². The van der Waals surface area contributed by atoms with E-state index in [1.165, 1.54) is 16.7 Å². The topological polar surface area (TPSA) is 98.5 Å². The Morgan fingerprint density at radius 3 is 2.40 bits per heavy atom. The van der Waals surface area contributed by atoms with Crippen molar-refractivity contribution in [2.24, 2.45) is 5.92 Å². The molecule has 11 heteroatoms. The number of rotatable bonds is 10. The third kappa shape index (κ3) is 6.97. The van der Waals surface area contributed by atoms with Gasteiger partial charge in [-0.05, 0) is 56.2 Å². The third-order valence-electron chi connectivity index (χ3n) is 7.38. The van der Waals surface area contributed by atoms with Crippen molar-refractivity contribution in [1.29, 1.82) is 0 Å².